The number of likely N-dealkylation sites (tertiary alicyclic amines) is 1. The molecule has 2 aliphatic rings. The first kappa shape index (κ1) is 19.9. The molecule has 1 N–H and O–H groups in total. The van der Waals surface area contributed by atoms with Crippen LogP contribution in [0.4, 0.5) is 0 Å². The number of nitriles is 1. The molecule has 0 spiro atoms. The van der Waals surface area contributed by atoms with Crippen molar-refractivity contribution >= 4 is 0 Å². The topological polar surface area (TPSA) is 56.5 Å². The van der Waals surface area contributed by atoms with Crippen LogP contribution in [0, 0.1) is 23.2 Å². The molecule has 4 nitrogen and oxygen atoms in total. The van der Waals surface area contributed by atoms with Gasteiger partial charge in [-0.3, -0.25) is 0 Å². The molecule has 152 valence electrons. The summed E-state index contributed by atoms with van der Waals surface area (Å²) >= 11 is 0. The quantitative estimate of drug-likeness (QED) is 0.682. The number of ether oxygens (including phenoxy) is 1. The molecule has 1 saturated heterocycles. The second kappa shape index (κ2) is 8.98. The summed E-state index contributed by atoms with van der Waals surface area (Å²) < 4.78 is 5.79. The van der Waals surface area contributed by atoms with Gasteiger partial charge in [0, 0.05) is 6.54 Å². The number of hydrogen-bond donors (Lipinski definition) is 1. The predicted molar refractivity (Wildman–Crippen MR) is 113 cm³/mol. The first-order valence-corrected chi connectivity index (χ1v) is 10.8. The van der Waals surface area contributed by atoms with Crippen LogP contribution >= 0.6 is 0 Å². The normalized spacial score (nSPS) is 20.0. The summed E-state index contributed by atoms with van der Waals surface area (Å²) in [6.45, 7) is 3.80. The van der Waals surface area contributed by atoms with Crippen LogP contribution in [-0.4, -0.2) is 36.2 Å². The molecule has 4 heteroatoms. The molecule has 0 amide bonds. The van der Waals surface area contributed by atoms with Gasteiger partial charge in [0.15, 0.2) is 0 Å². The highest BCUT2D eigenvalue weighted by Gasteiger charge is 2.50. The predicted octanol–water partition coefficient (Wildman–Crippen LogP) is 4.34. The second-order valence-corrected chi connectivity index (χ2v) is 8.42. The average Bonchev–Trinajstić information content (AvgIpc) is 3.63. The Labute approximate surface area is 173 Å². The summed E-state index contributed by atoms with van der Waals surface area (Å²) in [7, 11) is 0. The van der Waals surface area contributed by atoms with E-state index in [1.165, 1.54) is 0 Å². The molecule has 1 unspecified atom stereocenters. The van der Waals surface area contributed by atoms with E-state index in [0.29, 0.717) is 24.0 Å². The zero-order valence-corrected chi connectivity index (χ0v) is 17.0. The number of benzene rings is 2. The minimum Gasteiger partial charge on any atom is -0.494 e. The van der Waals surface area contributed by atoms with Crippen molar-refractivity contribution in [1.82, 2.24) is 4.90 Å². The Bertz CT molecular complexity index is 818. The Morgan fingerprint density at radius 1 is 0.966 bits per heavy atom. The largest absolute Gasteiger partial charge is 0.494 e. The molecule has 2 aromatic carbocycles. The van der Waals surface area contributed by atoms with Crippen LogP contribution < -0.4 is 4.74 Å². The van der Waals surface area contributed by atoms with Crippen molar-refractivity contribution in [2.75, 3.05) is 26.2 Å². The van der Waals surface area contributed by atoms with Gasteiger partial charge in [-0.1, -0.05) is 30.3 Å². The van der Waals surface area contributed by atoms with Gasteiger partial charge in [0.05, 0.1) is 23.8 Å². The molecule has 4 rings (SSSR count). The summed E-state index contributed by atoms with van der Waals surface area (Å²) in [4.78, 5) is 2.50. The van der Waals surface area contributed by atoms with Crippen LogP contribution in [0.15, 0.2) is 54.6 Å². The first-order valence-electron chi connectivity index (χ1n) is 10.8. The van der Waals surface area contributed by atoms with Gasteiger partial charge in [0.25, 0.3) is 0 Å². The number of piperidine rings is 1. The zero-order valence-electron chi connectivity index (χ0n) is 17.0. The van der Waals surface area contributed by atoms with Crippen LogP contribution in [0.5, 0.6) is 5.75 Å². The van der Waals surface area contributed by atoms with E-state index < -0.39 is 5.60 Å². The lowest BCUT2D eigenvalue weighted by molar-refractivity contribution is -0.0675. The highest BCUT2D eigenvalue weighted by atomic mass is 16.5. The first-order chi connectivity index (χ1) is 14.2. The van der Waals surface area contributed by atoms with Crippen LogP contribution in [-0.2, 0) is 5.60 Å². The van der Waals surface area contributed by atoms with Gasteiger partial charge in [-0.05, 0) is 86.9 Å². The smallest absolute Gasteiger partial charge is 0.119 e. The van der Waals surface area contributed by atoms with Crippen molar-refractivity contribution in [2.24, 2.45) is 11.8 Å². The van der Waals surface area contributed by atoms with Crippen LogP contribution in [0.1, 0.15) is 43.2 Å². The molecule has 1 saturated carbocycles. The Balaban J connectivity index is 1.23. The van der Waals surface area contributed by atoms with Gasteiger partial charge in [-0.25, -0.2) is 0 Å². The highest BCUT2D eigenvalue weighted by molar-refractivity contribution is 5.34. The Morgan fingerprint density at radius 3 is 2.24 bits per heavy atom. The molecule has 0 bridgehead atoms. The minimum absolute atomic E-state index is 0.351. The van der Waals surface area contributed by atoms with E-state index in [9.17, 15) is 5.11 Å². The van der Waals surface area contributed by atoms with Gasteiger partial charge >= 0.3 is 0 Å². The molecule has 1 aliphatic heterocycles. The number of nitrogens with zero attached hydrogens (tertiary/aromatic N) is 2. The van der Waals surface area contributed by atoms with E-state index in [-0.39, 0.29) is 0 Å². The maximum Gasteiger partial charge on any atom is 0.119 e. The number of aliphatic hydroxyl groups is 1. The minimum atomic E-state index is -0.647. The fourth-order valence-electron chi connectivity index (χ4n) is 4.73. The van der Waals surface area contributed by atoms with Crippen molar-refractivity contribution in [2.45, 2.75) is 37.7 Å². The van der Waals surface area contributed by atoms with E-state index in [4.69, 9.17) is 10.00 Å². The SMILES string of the molecule is N#Cc1ccc(OCCCN2CCC(C(O)(c3ccccc3)C3CC3)CC2)cc1. The second-order valence-electron chi connectivity index (χ2n) is 8.42. The molecule has 0 aromatic heterocycles. The van der Waals surface area contributed by atoms with Crippen molar-refractivity contribution in [1.29, 1.82) is 5.26 Å². The number of rotatable bonds is 8. The van der Waals surface area contributed by atoms with E-state index in [1.807, 2.05) is 30.3 Å². The standard InChI is InChI=1S/C25H30N2O2/c26-19-20-7-11-24(12-8-20)29-18-4-15-27-16-13-23(14-17-27)25(28,22-9-10-22)21-5-2-1-3-6-21/h1-3,5-8,11-12,22-23,28H,4,9-10,13-18H2. The van der Waals surface area contributed by atoms with Crippen molar-refractivity contribution in [3.63, 3.8) is 0 Å². The lowest BCUT2D eigenvalue weighted by atomic mass is 9.73. The molecule has 29 heavy (non-hydrogen) atoms. The molecule has 1 aliphatic carbocycles. The van der Waals surface area contributed by atoms with Gasteiger partial charge in [0.1, 0.15) is 5.75 Å². The third kappa shape index (κ3) is 4.63. The van der Waals surface area contributed by atoms with Gasteiger partial charge in [-0.2, -0.15) is 5.26 Å². The van der Waals surface area contributed by atoms with E-state index >= 15 is 0 Å². The third-order valence-electron chi connectivity index (χ3n) is 6.52. The lowest BCUT2D eigenvalue weighted by Crippen LogP contribution is -2.45. The fraction of sp³-hybridized carbons (Fsp3) is 0.480. The molecule has 2 aromatic rings. The number of hydrogen-bond acceptors (Lipinski definition) is 4. The van der Waals surface area contributed by atoms with Crippen molar-refractivity contribution < 1.29 is 9.84 Å². The van der Waals surface area contributed by atoms with Gasteiger partial charge in [0.2, 0.25) is 0 Å². The summed E-state index contributed by atoms with van der Waals surface area (Å²) in [5.41, 5.74) is 1.12. The average molecular weight is 391 g/mol. The Hall–Kier alpha value is -2.35. The molecular weight excluding hydrogens is 360 g/mol. The van der Waals surface area contributed by atoms with Crippen LogP contribution in [0.25, 0.3) is 0 Å². The maximum atomic E-state index is 11.7. The van der Waals surface area contributed by atoms with E-state index in [2.05, 4.69) is 23.1 Å². The highest BCUT2D eigenvalue weighted by Crippen LogP contribution is 2.52. The lowest BCUT2D eigenvalue weighted by Gasteiger charge is -2.42. The fourth-order valence-corrected chi connectivity index (χ4v) is 4.73. The van der Waals surface area contributed by atoms with Crippen LogP contribution in [0.3, 0.4) is 0 Å². The van der Waals surface area contributed by atoms with Crippen molar-refractivity contribution in [3.8, 4) is 11.8 Å². The van der Waals surface area contributed by atoms with E-state index in [0.717, 1.165) is 63.1 Å². The maximum absolute atomic E-state index is 11.7. The summed E-state index contributed by atoms with van der Waals surface area (Å²) in [6.07, 6.45) is 5.39. The van der Waals surface area contributed by atoms with Crippen LogP contribution in [0.2, 0.25) is 0 Å². The Morgan fingerprint density at radius 2 is 1.62 bits per heavy atom. The third-order valence-corrected chi connectivity index (χ3v) is 6.52. The summed E-state index contributed by atoms with van der Waals surface area (Å²) in [6, 6.07) is 19.7. The Kier molecular flexibility index (Phi) is 6.18. The van der Waals surface area contributed by atoms with Crippen molar-refractivity contribution in [3.05, 3.63) is 65.7 Å². The molecule has 1 atom stereocenters. The molecule has 2 fully saturated rings. The molecule has 1 heterocycles. The molecule has 0 radical (unpaired) electrons. The van der Waals surface area contributed by atoms with Gasteiger partial charge < -0.3 is 14.7 Å². The summed E-state index contributed by atoms with van der Waals surface area (Å²) in [5.74, 6) is 1.60. The van der Waals surface area contributed by atoms with Gasteiger partial charge in [-0.15, -0.1) is 0 Å². The zero-order chi connectivity index (χ0) is 20.1. The monoisotopic (exact) mass is 390 g/mol. The molecular formula is C25H30N2O2. The summed E-state index contributed by atoms with van der Waals surface area (Å²) in [5, 5.41) is 20.5. The van der Waals surface area contributed by atoms with E-state index in [1.54, 1.807) is 12.1 Å².